The number of hydrogen-bond donors (Lipinski definition) is 3. The molecule has 4 N–H and O–H groups in total. The monoisotopic (exact) mass is 336 g/mol. The lowest BCUT2D eigenvalue weighted by Crippen LogP contribution is -2.13. The molecule has 0 saturated carbocycles. The average molecular weight is 336 g/mol. The molecular weight excluding hydrogens is 316 g/mol. The molecule has 0 spiro atoms. The Kier molecular flexibility index (Phi) is 4.74. The molecule has 0 aliphatic carbocycles. The van der Waals surface area contributed by atoms with Gasteiger partial charge in [-0.25, -0.2) is 0 Å². The SMILES string of the molecule is Cc1ccc(CCC(=O)Nc2cc(-c3cnncc3C)[nH]n2)c(N)c1. The molecule has 1 aromatic carbocycles. The predicted molar refractivity (Wildman–Crippen MR) is 96.9 cm³/mol. The first-order valence-electron chi connectivity index (χ1n) is 8.01. The summed E-state index contributed by atoms with van der Waals surface area (Å²) >= 11 is 0. The lowest BCUT2D eigenvalue weighted by atomic mass is 10.1. The molecule has 128 valence electrons. The van der Waals surface area contributed by atoms with Crippen LogP contribution in [0, 0.1) is 13.8 Å². The zero-order valence-electron chi connectivity index (χ0n) is 14.2. The highest BCUT2D eigenvalue weighted by Gasteiger charge is 2.10. The fraction of sp³-hybridized carbons (Fsp3) is 0.222. The Morgan fingerprint density at radius 2 is 2.00 bits per heavy atom. The highest BCUT2D eigenvalue weighted by atomic mass is 16.1. The standard InChI is InChI=1S/C18H20N6O/c1-11-3-4-13(15(19)7-11)5-6-18(25)22-17-8-16(23-24-17)14-10-21-20-9-12(14)2/h3-4,7-10H,5-6,19H2,1-2H3,(H2,22,23,24,25). The van der Waals surface area contributed by atoms with E-state index >= 15 is 0 Å². The van der Waals surface area contributed by atoms with E-state index in [1.807, 2.05) is 32.0 Å². The van der Waals surface area contributed by atoms with E-state index in [1.54, 1.807) is 18.5 Å². The van der Waals surface area contributed by atoms with Gasteiger partial charge >= 0.3 is 0 Å². The van der Waals surface area contributed by atoms with Crippen LogP contribution >= 0.6 is 0 Å². The van der Waals surface area contributed by atoms with Crippen LogP contribution in [0.4, 0.5) is 11.5 Å². The van der Waals surface area contributed by atoms with Crippen LogP contribution < -0.4 is 11.1 Å². The number of carbonyl (C=O) groups is 1. The van der Waals surface area contributed by atoms with Gasteiger partial charge < -0.3 is 11.1 Å². The second kappa shape index (κ2) is 7.12. The van der Waals surface area contributed by atoms with Gasteiger partial charge in [-0.05, 0) is 43.0 Å². The lowest BCUT2D eigenvalue weighted by molar-refractivity contribution is -0.116. The maximum atomic E-state index is 12.1. The Morgan fingerprint density at radius 3 is 2.76 bits per heavy atom. The van der Waals surface area contributed by atoms with Crippen molar-refractivity contribution in [3.8, 4) is 11.3 Å². The number of aryl methyl sites for hydroxylation is 3. The molecule has 2 aromatic heterocycles. The molecule has 0 aliphatic heterocycles. The second-order valence-corrected chi connectivity index (χ2v) is 6.00. The van der Waals surface area contributed by atoms with Crippen LogP contribution in [0.15, 0.2) is 36.7 Å². The minimum atomic E-state index is -0.109. The van der Waals surface area contributed by atoms with Crippen LogP contribution in [0.1, 0.15) is 23.1 Å². The Hall–Kier alpha value is -3.22. The smallest absolute Gasteiger partial charge is 0.225 e. The van der Waals surface area contributed by atoms with Gasteiger partial charge in [-0.3, -0.25) is 9.89 Å². The summed E-state index contributed by atoms with van der Waals surface area (Å²) in [5.74, 6) is 0.371. The third-order valence-corrected chi connectivity index (χ3v) is 3.99. The maximum absolute atomic E-state index is 12.1. The van der Waals surface area contributed by atoms with Crippen molar-refractivity contribution in [2.75, 3.05) is 11.1 Å². The molecule has 0 bridgehead atoms. The Bertz CT molecular complexity index is 902. The maximum Gasteiger partial charge on any atom is 0.225 e. The summed E-state index contributed by atoms with van der Waals surface area (Å²) in [5.41, 5.74) is 11.4. The first kappa shape index (κ1) is 16.6. The highest BCUT2D eigenvalue weighted by Crippen LogP contribution is 2.22. The summed E-state index contributed by atoms with van der Waals surface area (Å²) in [4.78, 5) is 12.1. The van der Waals surface area contributed by atoms with Gasteiger partial charge in [0.2, 0.25) is 5.91 Å². The highest BCUT2D eigenvalue weighted by molar-refractivity contribution is 5.90. The molecule has 1 amide bonds. The molecule has 0 aliphatic rings. The molecule has 7 heteroatoms. The number of nitrogens with zero attached hydrogens (tertiary/aromatic N) is 3. The number of nitrogens with two attached hydrogens (primary N) is 1. The minimum Gasteiger partial charge on any atom is -0.398 e. The van der Waals surface area contributed by atoms with Gasteiger partial charge in [0, 0.05) is 23.7 Å². The van der Waals surface area contributed by atoms with Crippen LogP contribution in [0.25, 0.3) is 11.3 Å². The van der Waals surface area contributed by atoms with Crippen LogP contribution in [0.3, 0.4) is 0 Å². The van der Waals surface area contributed by atoms with E-state index in [2.05, 4.69) is 25.7 Å². The van der Waals surface area contributed by atoms with E-state index in [-0.39, 0.29) is 5.91 Å². The van der Waals surface area contributed by atoms with Crippen molar-refractivity contribution >= 4 is 17.4 Å². The van der Waals surface area contributed by atoms with Gasteiger partial charge in [0.1, 0.15) is 0 Å². The van der Waals surface area contributed by atoms with Gasteiger partial charge in [-0.15, -0.1) is 0 Å². The Labute approximate surface area is 145 Å². The van der Waals surface area contributed by atoms with Crippen molar-refractivity contribution in [3.63, 3.8) is 0 Å². The molecule has 2 heterocycles. The first-order chi connectivity index (χ1) is 12.0. The van der Waals surface area contributed by atoms with Gasteiger partial charge in [-0.1, -0.05) is 12.1 Å². The molecule has 7 nitrogen and oxygen atoms in total. The molecule has 3 rings (SSSR count). The Morgan fingerprint density at radius 1 is 1.20 bits per heavy atom. The van der Waals surface area contributed by atoms with Gasteiger partial charge in [0.15, 0.2) is 5.82 Å². The quantitative estimate of drug-likeness (QED) is 0.620. The van der Waals surface area contributed by atoms with Gasteiger partial charge in [0.25, 0.3) is 0 Å². The summed E-state index contributed by atoms with van der Waals surface area (Å²) in [6, 6.07) is 7.65. The topological polar surface area (TPSA) is 110 Å². The van der Waals surface area contributed by atoms with Crippen molar-refractivity contribution in [1.82, 2.24) is 20.4 Å². The van der Waals surface area contributed by atoms with Crippen molar-refractivity contribution in [2.45, 2.75) is 26.7 Å². The van der Waals surface area contributed by atoms with Gasteiger partial charge in [0.05, 0.1) is 18.1 Å². The molecule has 0 radical (unpaired) electrons. The summed E-state index contributed by atoms with van der Waals surface area (Å²) in [7, 11) is 0. The number of nitrogens with one attached hydrogen (secondary N) is 2. The summed E-state index contributed by atoms with van der Waals surface area (Å²) in [6.45, 7) is 3.93. The predicted octanol–water partition coefficient (Wildman–Crippen LogP) is 2.64. The van der Waals surface area contributed by atoms with Crippen LogP contribution in [-0.2, 0) is 11.2 Å². The normalized spacial score (nSPS) is 10.6. The van der Waals surface area contributed by atoms with Crippen molar-refractivity contribution < 1.29 is 4.79 Å². The van der Waals surface area contributed by atoms with Gasteiger partial charge in [-0.2, -0.15) is 15.3 Å². The number of aromatic nitrogens is 4. The van der Waals surface area contributed by atoms with E-state index < -0.39 is 0 Å². The third-order valence-electron chi connectivity index (χ3n) is 3.99. The fourth-order valence-corrected chi connectivity index (χ4v) is 2.58. The van der Waals surface area contributed by atoms with Crippen LogP contribution in [0.5, 0.6) is 0 Å². The van der Waals surface area contributed by atoms with Crippen molar-refractivity contribution in [2.24, 2.45) is 0 Å². The third kappa shape index (κ3) is 4.00. The Balaban J connectivity index is 1.61. The number of rotatable bonds is 5. The van der Waals surface area contributed by atoms with Crippen LogP contribution in [-0.4, -0.2) is 26.3 Å². The number of nitrogen functional groups attached to an aromatic ring is 1. The molecule has 0 saturated heterocycles. The number of hydrogen-bond acceptors (Lipinski definition) is 5. The number of amides is 1. The van der Waals surface area contributed by atoms with E-state index in [1.165, 1.54) is 0 Å². The number of H-pyrrole nitrogens is 1. The summed E-state index contributed by atoms with van der Waals surface area (Å²) in [6.07, 6.45) is 4.27. The molecular formula is C18H20N6O. The average Bonchev–Trinajstić information content (AvgIpc) is 3.02. The number of anilines is 2. The number of carbonyl (C=O) groups excluding carboxylic acids is 1. The number of benzene rings is 1. The first-order valence-corrected chi connectivity index (χ1v) is 8.01. The zero-order valence-corrected chi connectivity index (χ0v) is 14.2. The largest absolute Gasteiger partial charge is 0.398 e. The molecule has 0 atom stereocenters. The molecule has 25 heavy (non-hydrogen) atoms. The fourth-order valence-electron chi connectivity index (χ4n) is 2.58. The minimum absolute atomic E-state index is 0.109. The van der Waals surface area contributed by atoms with Crippen molar-refractivity contribution in [3.05, 3.63) is 53.3 Å². The number of aromatic amines is 1. The van der Waals surface area contributed by atoms with Crippen LogP contribution in [0.2, 0.25) is 0 Å². The lowest BCUT2D eigenvalue weighted by Gasteiger charge is -2.06. The van der Waals surface area contributed by atoms with E-state index in [0.717, 1.165) is 33.6 Å². The molecule has 3 aromatic rings. The summed E-state index contributed by atoms with van der Waals surface area (Å²) in [5, 5.41) is 17.5. The molecule has 0 unspecified atom stereocenters. The van der Waals surface area contributed by atoms with E-state index in [0.29, 0.717) is 18.7 Å². The van der Waals surface area contributed by atoms with E-state index in [9.17, 15) is 4.79 Å². The second-order valence-electron chi connectivity index (χ2n) is 6.00. The zero-order chi connectivity index (χ0) is 17.8. The molecule has 0 fully saturated rings. The van der Waals surface area contributed by atoms with E-state index in [4.69, 9.17) is 5.73 Å². The summed E-state index contributed by atoms with van der Waals surface area (Å²) < 4.78 is 0. The van der Waals surface area contributed by atoms with Crippen molar-refractivity contribution in [1.29, 1.82) is 0 Å².